The van der Waals surface area contributed by atoms with Crippen LogP contribution in [0.2, 0.25) is 0 Å². The summed E-state index contributed by atoms with van der Waals surface area (Å²) in [4.78, 5) is 38.4. The smallest absolute Gasteiger partial charge is 0.306 e. The van der Waals surface area contributed by atoms with Gasteiger partial charge in [0.05, 0.1) is 0 Å². The van der Waals surface area contributed by atoms with Gasteiger partial charge in [-0.2, -0.15) is 0 Å². The summed E-state index contributed by atoms with van der Waals surface area (Å²) in [6.07, 6.45) is 87.2. The van der Waals surface area contributed by atoms with Crippen LogP contribution in [0.4, 0.5) is 0 Å². The highest BCUT2D eigenvalue weighted by Gasteiger charge is 2.19. The zero-order chi connectivity index (χ0) is 57.8. The maximum absolute atomic E-state index is 12.9. The van der Waals surface area contributed by atoms with E-state index in [0.717, 1.165) is 89.9 Å². The van der Waals surface area contributed by atoms with Crippen LogP contribution in [0.15, 0.2) is 48.6 Å². The monoisotopic (exact) mass is 1120 g/mol. The van der Waals surface area contributed by atoms with Gasteiger partial charge < -0.3 is 14.2 Å². The van der Waals surface area contributed by atoms with E-state index in [2.05, 4.69) is 69.4 Å². The highest BCUT2D eigenvalue weighted by molar-refractivity contribution is 5.71. The van der Waals surface area contributed by atoms with Crippen molar-refractivity contribution in [2.75, 3.05) is 13.2 Å². The lowest BCUT2D eigenvalue weighted by molar-refractivity contribution is -0.167. The van der Waals surface area contributed by atoms with E-state index in [0.29, 0.717) is 19.3 Å². The van der Waals surface area contributed by atoms with Gasteiger partial charge >= 0.3 is 17.9 Å². The Labute approximate surface area is 498 Å². The number of allylic oxidation sites excluding steroid dienone is 8. The van der Waals surface area contributed by atoms with Gasteiger partial charge in [0.2, 0.25) is 0 Å². The van der Waals surface area contributed by atoms with Crippen molar-refractivity contribution in [2.45, 2.75) is 393 Å². The summed E-state index contributed by atoms with van der Waals surface area (Å²) in [7, 11) is 0. The summed E-state index contributed by atoms with van der Waals surface area (Å²) in [6, 6.07) is 0. The predicted molar refractivity (Wildman–Crippen MR) is 349 cm³/mol. The van der Waals surface area contributed by atoms with E-state index in [9.17, 15) is 14.4 Å². The number of esters is 3. The molecule has 0 heterocycles. The van der Waals surface area contributed by atoms with E-state index in [-0.39, 0.29) is 31.1 Å². The minimum absolute atomic E-state index is 0.0733. The molecule has 0 bridgehead atoms. The van der Waals surface area contributed by atoms with E-state index >= 15 is 0 Å². The lowest BCUT2D eigenvalue weighted by Crippen LogP contribution is -2.30. The average Bonchev–Trinajstić information content (AvgIpc) is 3.46. The summed E-state index contributed by atoms with van der Waals surface area (Å²) in [5.74, 6) is -0.860. The molecule has 0 N–H and O–H groups in total. The maximum Gasteiger partial charge on any atom is 0.306 e. The van der Waals surface area contributed by atoms with Crippen molar-refractivity contribution in [1.29, 1.82) is 0 Å². The second-order valence-corrected chi connectivity index (χ2v) is 24.1. The molecule has 80 heavy (non-hydrogen) atoms. The van der Waals surface area contributed by atoms with Crippen molar-refractivity contribution >= 4 is 17.9 Å². The second kappa shape index (κ2) is 68.9. The fraction of sp³-hybridized carbons (Fsp3) is 0.851. The zero-order valence-corrected chi connectivity index (χ0v) is 53.9. The van der Waals surface area contributed by atoms with Crippen LogP contribution in [-0.2, 0) is 28.6 Å². The molecule has 1 unspecified atom stereocenters. The Kier molecular flexibility index (Phi) is 66.6. The molecule has 0 aromatic heterocycles. The van der Waals surface area contributed by atoms with Crippen LogP contribution >= 0.6 is 0 Å². The Bertz CT molecular complexity index is 1380. The first-order chi connectivity index (χ1) is 39.5. The minimum Gasteiger partial charge on any atom is -0.462 e. The Hall–Kier alpha value is -2.63. The summed E-state index contributed by atoms with van der Waals surface area (Å²) in [5, 5.41) is 0. The predicted octanol–water partition coefficient (Wildman–Crippen LogP) is 24.5. The molecule has 0 spiro atoms. The molecule has 0 aliphatic rings. The Morgan fingerprint density at radius 1 is 0.250 bits per heavy atom. The molecule has 0 rings (SSSR count). The standard InChI is InChI=1S/C74H136O6/c1-4-7-10-13-16-19-22-25-28-30-31-32-33-34-35-36-37-38-39-40-41-42-43-44-47-49-52-55-58-61-64-67-73(76)79-70-71(69-78-72(75)66-63-60-57-54-51-48-45-27-24-21-18-15-12-9-6-3)80-74(77)68-65-62-59-56-53-50-46-29-26-23-20-17-14-11-8-5-2/h20,22-23,25,29-31,46,71H,4-19,21,24,26-28,32-45,47-70H2,1-3H3/b23-20-,25-22-,31-30-,46-29-. The van der Waals surface area contributed by atoms with Crippen LogP contribution in [0.5, 0.6) is 0 Å². The van der Waals surface area contributed by atoms with Crippen LogP contribution in [0.1, 0.15) is 387 Å². The SMILES string of the molecule is CCCCCC/C=C\C/C=C\CCCCCCCC(=O)OC(COC(=O)CCCCCCCCCCCCCCCCC)COC(=O)CCCCCCCCCCCCCCCCCCCCC/C=C\C/C=C\CCCCCCC. The van der Waals surface area contributed by atoms with Gasteiger partial charge in [-0.15, -0.1) is 0 Å². The molecule has 0 aliphatic carbocycles. The highest BCUT2D eigenvalue weighted by Crippen LogP contribution is 2.18. The normalized spacial score (nSPS) is 12.3. The number of carbonyl (C=O) groups is 3. The third-order valence-corrected chi connectivity index (χ3v) is 16.1. The number of hydrogen-bond donors (Lipinski definition) is 0. The van der Waals surface area contributed by atoms with E-state index in [1.54, 1.807) is 0 Å². The van der Waals surface area contributed by atoms with Gasteiger partial charge in [0.15, 0.2) is 6.10 Å². The molecule has 0 aromatic rings. The average molecular weight is 1120 g/mol. The topological polar surface area (TPSA) is 78.9 Å². The van der Waals surface area contributed by atoms with Gasteiger partial charge in [0.1, 0.15) is 13.2 Å². The summed E-state index contributed by atoms with van der Waals surface area (Å²) in [5.41, 5.74) is 0. The van der Waals surface area contributed by atoms with Crippen LogP contribution in [0.3, 0.4) is 0 Å². The summed E-state index contributed by atoms with van der Waals surface area (Å²) in [6.45, 7) is 6.67. The molecule has 468 valence electrons. The van der Waals surface area contributed by atoms with Crippen LogP contribution in [-0.4, -0.2) is 37.2 Å². The fourth-order valence-electron chi connectivity index (χ4n) is 10.7. The summed E-state index contributed by atoms with van der Waals surface area (Å²) >= 11 is 0. The molecule has 6 nitrogen and oxygen atoms in total. The van der Waals surface area contributed by atoms with Gasteiger partial charge in [-0.05, 0) is 83.5 Å². The number of carbonyl (C=O) groups excluding carboxylic acids is 3. The van der Waals surface area contributed by atoms with E-state index in [1.165, 1.54) is 257 Å². The molecule has 0 aliphatic heterocycles. The largest absolute Gasteiger partial charge is 0.462 e. The molecule has 0 saturated carbocycles. The number of unbranched alkanes of at least 4 members (excludes halogenated alkanes) is 47. The van der Waals surface area contributed by atoms with Gasteiger partial charge in [0.25, 0.3) is 0 Å². The molecular weight excluding hydrogens is 985 g/mol. The van der Waals surface area contributed by atoms with Crippen LogP contribution in [0, 0.1) is 0 Å². The molecule has 0 amide bonds. The van der Waals surface area contributed by atoms with Crippen molar-refractivity contribution in [1.82, 2.24) is 0 Å². The van der Waals surface area contributed by atoms with E-state index in [1.807, 2.05) is 0 Å². The van der Waals surface area contributed by atoms with Crippen molar-refractivity contribution in [3.8, 4) is 0 Å². The molecule has 0 aromatic carbocycles. The molecule has 0 saturated heterocycles. The molecule has 1 atom stereocenters. The van der Waals surface area contributed by atoms with Gasteiger partial charge in [0, 0.05) is 19.3 Å². The molecule has 0 radical (unpaired) electrons. The highest BCUT2D eigenvalue weighted by atomic mass is 16.6. The lowest BCUT2D eigenvalue weighted by atomic mass is 10.0. The third kappa shape index (κ3) is 66.2. The van der Waals surface area contributed by atoms with Crippen molar-refractivity contribution in [2.24, 2.45) is 0 Å². The minimum atomic E-state index is -0.778. The van der Waals surface area contributed by atoms with Gasteiger partial charge in [-0.3, -0.25) is 14.4 Å². The zero-order valence-electron chi connectivity index (χ0n) is 53.9. The molecule has 0 fully saturated rings. The first-order valence-corrected chi connectivity index (χ1v) is 35.6. The van der Waals surface area contributed by atoms with Crippen LogP contribution < -0.4 is 0 Å². The van der Waals surface area contributed by atoms with E-state index < -0.39 is 6.10 Å². The third-order valence-electron chi connectivity index (χ3n) is 16.1. The lowest BCUT2D eigenvalue weighted by Gasteiger charge is -2.18. The number of hydrogen-bond acceptors (Lipinski definition) is 6. The molecular formula is C74H136O6. The quantitative estimate of drug-likeness (QED) is 0.0261. The Morgan fingerprint density at radius 2 is 0.450 bits per heavy atom. The van der Waals surface area contributed by atoms with E-state index in [4.69, 9.17) is 14.2 Å². The van der Waals surface area contributed by atoms with Gasteiger partial charge in [-0.1, -0.05) is 333 Å². The first-order valence-electron chi connectivity index (χ1n) is 35.6. The molecule has 6 heteroatoms. The van der Waals surface area contributed by atoms with Crippen molar-refractivity contribution in [3.05, 3.63) is 48.6 Å². The Morgan fingerprint density at radius 3 is 0.700 bits per heavy atom. The van der Waals surface area contributed by atoms with Gasteiger partial charge in [-0.25, -0.2) is 0 Å². The number of rotatable bonds is 66. The summed E-state index contributed by atoms with van der Waals surface area (Å²) < 4.78 is 17.0. The first kappa shape index (κ1) is 77.4. The maximum atomic E-state index is 12.9. The second-order valence-electron chi connectivity index (χ2n) is 24.1. The number of ether oxygens (including phenoxy) is 3. The van der Waals surface area contributed by atoms with Crippen molar-refractivity contribution < 1.29 is 28.6 Å². The fourth-order valence-corrected chi connectivity index (χ4v) is 10.7. The van der Waals surface area contributed by atoms with Crippen LogP contribution in [0.25, 0.3) is 0 Å². The van der Waals surface area contributed by atoms with Crippen molar-refractivity contribution in [3.63, 3.8) is 0 Å². The Balaban J connectivity index is 4.17.